The quantitative estimate of drug-likeness (QED) is 0.832. The lowest BCUT2D eigenvalue weighted by Crippen LogP contribution is -2.60. The Hall–Kier alpha value is -2.17. The molecule has 2 aliphatic rings. The van der Waals surface area contributed by atoms with E-state index in [1.54, 1.807) is 0 Å². The maximum Gasteiger partial charge on any atom is 0.324 e. The molecule has 1 N–H and O–H groups in total. The predicted octanol–water partition coefficient (Wildman–Crippen LogP) is 4.02. The first-order chi connectivity index (χ1) is 13.2. The lowest BCUT2D eigenvalue weighted by molar-refractivity contribution is -0.189. The molecule has 2 aromatic carbocycles. The second kappa shape index (κ2) is 7.83. The molecule has 4 rings (SSSR count). The van der Waals surface area contributed by atoms with Crippen LogP contribution in [0.1, 0.15) is 55.9 Å². The van der Waals surface area contributed by atoms with Gasteiger partial charge in [0.1, 0.15) is 12.1 Å². The number of fused-ring (bicyclic) bond motifs is 1. The summed E-state index contributed by atoms with van der Waals surface area (Å²) < 4.78 is 5.99. The summed E-state index contributed by atoms with van der Waals surface area (Å²) >= 11 is 0. The zero-order chi connectivity index (χ0) is 18.8. The number of carbonyl (C=O) groups excluding carboxylic acids is 1. The Morgan fingerprint density at radius 1 is 1.00 bits per heavy atom. The van der Waals surface area contributed by atoms with E-state index in [1.807, 2.05) is 48.5 Å². The highest BCUT2D eigenvalue weighted by Crippen LogP contribution is 2.46. The van der Waals surface area contributed by atoms with Gasteiger partial charge in [-0.1, -0.05) is 74.0 Å². The van der Waals surface area contributed by atoms with E-state index in [2.05, 4.69) is 24.0 Å². The van der Waals surface area contributed by atoms with Crippen LogP contribution < -0.4 is 0 Å². The fourth-order valence-electron chi connectivity index (χ4n) is 4.72. The van der Waals surface area contributed by atoms with Crippen LogP contribution in [-0.4, -0.2) is 34.2 Å². The van der Waals surface area contributed by atoms with Crippen LogP contribution in [0.25, 0.3) is 0 Å². The maximum atomic E-state index is 12.9. The van der Waals surface area contributed by atoms with E-state index in [0.29, 0.717) is 12.8 Å². The first-order valence-corrected chi connectivity index (χ1v) is 9.95. The van der Waals surface area contributed by atoms with E-state index >= 15 is 0 Å². The number of morpholine rings is 1. The first-order valence-electron chi connectivity index (χ1n) is 9.95. The molecule has 27 heavy (non-hydrogen) atoms. The second-order valence-corrected chi connectivity index (χ2v) is 7.65. The van der Waals surface area contributed by atoms with Gasteiger partial charge in [-0.2, -0.15) is 0 Å². The number of aliphatic hydroxyl groups excluding tert-OH is 1. The van der Waals surface area contributed by atoms with E-state index in [9.17, 15) is 9.90 Å². The summed E-state index contributed by atoms with van der Waals surface area (Å²) in [6.07, 6.45) is 2.36. The van der Waals surface area contributed by atoms with Crippen molar-refractivity contribution in [2.45, 2.75) is 62.9 Å². The minimum absolute atomic E-state index is 0.0413. The molecule has 2 aromatic rings. The molecule has 0 amide bonds. The van der Waals surface area contributed by atoms with Gasteiger partial charge in [-0.15, -0.1) is 0 Å². The van der Waals surface area contributed by atoms with Gasteiger partial charge in [0.2, 0.25) is 0 Å². The Kier molecular flexibility index (Phi) is 5.28. The van der Waals surface area contributed by atoms with Crippen LogP contribution >= 0.6 is 0 Å². The minimum atomic E-state index is -0.444. The number of benzene rings is 2. The molecule has 2 aliphatic heterocycles. The number of esters is 1. The number of ether oxygens (including phenoxy) is 1. The molecule has 2 fully saturated rings. The van der Waals surface area contributed by atoms with Crippen LogP contribution in [0.3, 0.4) is 0 Å². The Labute approximate surface area is 160 Å². The molecular weight excluding hydrogens is 338 g/mol. The van der Waals surface area contributed by atoms with Crippen molar-refractivity contribution in [3.05, 3.63) is 71.8 Å². The molecule has 2 saturated heterocycles. The molecule has 5 atom stereocenters. The van der Waals surface area contributed by atoms with Crippen LogP contribution in [0.4, 0.5) is 0 Å². The standard InChI is InChI=1S/C23H27NO3/c1-2-9-18-14-19(25)15-20-23(26)27-22(17-12-7-4-8-13-17)21(24(18)20)16-10-5-3-6-11-16/h3-8,10-13,18-22,25H,2,9,14-15H2,1H3/t18-,19+,20+,21+,22-/m0/s1. The molecule has 0 aliphatic carbocycles. The van der Waals surface area contributed by atoms with Gasteiger partial charge in [0.05, 0.1) is 12.1 Å². The van der Waals surface area contributed by atoms with Crippen LogP contribution in [0, 0.1) is 0 Å². The number of aliphatic hydroxyl groups is 1. The van der Waals surface area contributed by atoms with Gasteiger partial charge in [0.15, 0.2) is 0 Å². The molecule has 0 aromatic heterocycles. The summed E-state index contributed by atoms with van der Waals surface area (Å²) in [4.78, 5) is 15.3. The molecule has 142 valence electrons. The number of cyclic esters (lactones) is 1. The van der Waals surface area contributed by atoms with Gasteiger partial charge in [-0.05, 0) is 30.4 Å². The molecule has 2 heterocycles. The third-order valence-electron chi connectivity index (χ3n) is 5.84. The largest absolute Gasteiger partial charge is 0.454 e. The predicted molar refractivity (Wildman–Crippen MR) is 104 cm³/mol. The van der Waals surface area contributed by atoms with Gasteiger partial charge >= 0.3 is 5.97 Å². The third kappa shape index (κ3) is 3.52. The molecule has 0 spiro atoms. The molecular formula is C23H27NO3. The topological polar surface area (TPSA) is 49.8 Å². The van der Waals surface area contributed by atoms with Gasteiger partial charge in [-0.3, -0.25) is 9.69 Å². The number of hydrogen-bond donors (Lipinski definition) is 1. The average molecular weight is 365 g/mol. The number of hydrogen-bond acceptors (Lipinski definition) is 4. The Morgan fingerprint density at radius 2 is 1.63 bits per heavy atom. The second-order valence-electron chi connectivity index (χ2n) is 7.65. The van der Waals surface area contributed by atoms with Crippen molar-refractivity contribution in [2.75, 3.05) is 0 Å². The molecule has 0 saturated carbocycles. The fourth-order valence-corrected chi connectivity index (χ4v) is 4.72. The summed E-state index contributed by atoms with van der Waals surface area (Å²) in [5, 5.41) is 10.4. The van der Waals surface area contributed by atoms with Crippen molar-refractivity contribution in [3.63, 3.8) is 0 Å². The lowest BCUT2D eigenvalue weighted by Gasteiger charge is -2.52. The van der Waals surface area contributed by atoms with Crippen LogP contribution in [-0.2, 0) is 9.53 Å². The van der Waals surface area contributed by atoms with Crippen molar-refractivity contribution in [2.24, 2.45) is 0 Å². The summed E-state index contributed by atoms with van der Waals surface area (Å²) in [7, 11) is 0. The van der Waals surface area contributed by atoms with Crippen molar-refractivity contribution in [1.82, 2.24) is 4.90 Å². The zero-order valence-corrected chi connectivity index (χ0v) is 15.7. The zero-order valence-electron chi connectivity index (χ0n) is 15.7. The monoisotopic (exact) mass is 365 g/mol. The molecule has 0 radical (unpaired) electrons. The summed E-state index contributed by atoms with van der Waals surface area (Å²) in [6, 6.07) is 20.1. The summed E-state index contributed by atoms with van der Waals surface area (Å²) in [5.41, 5.74) is 2.17. The highest BCUT2D eigenvalue weighted by atomic mass is 16.6. The molecule has 0 unspecified atom stereocenters. The van der Waals surface area contributed by atoms with Gasteiger partial charge in [0, 0.05) is 6.04 Å². The van der Waals surface area contributed by atoms with Gasteiger partial charge < -0.3 is 9.84 Å². The molecule has 4 heteroatoms. The van der Waals surface area contributed by atoms with Gasteiger partial charge in [-0.25, -0.2) is 0 Å². The highest BCUT2D eigenvalue weighted by molar-refractivity contribution is 5.77. The summed E-state index contributed by atoms with van der Waals surface area (Å²) in [6.45, 7) is 2.16. The number of nitrogens with zero attached hydrogens (tertiary/aromatic N) is 1. The minimum Gasteiger partial charge on any atom is -0.454 e. The van der Waals surface area contributed by atoms with E-state index in [-0.39, 0.29) is 30.2 Å². The SMILES string of the molecule is CCC[C@H]1C[C@@H](O)C[C@@H]2C(=O)O[C@@H](c3ccccc3)[C@@H](c3ccccc3)N12. The van der Waals surface area contributed by atoms with E-state index < -0.39 is 6.10 Å². The maximum absolute atomic E-state index is 12.9. The van der Waals surface area contributed by atoms with Gasteiger partial charge in [0.25, 0.3) is 0 Å². The Morgan fingerprint density at radius 3 is 2.26 bits per heavy atom. The number of piperidine rings is 1. The lowest BCUT2D eigenvalue weighted by atomic mass is 9.83. The van der Waals surface area contributed by atoms with E-state index in [1.165, 1.54) is 0 Å². The fraction of sp³-hybridized carbons (Fsp3) is 0.435. The van der Waals surface area contributed by atoms with Crippen molar-refractivity contribution < 1.29 is 14.6 Å². The van der Waals surface area contributed by atoms with Crippen LogP contribution in [0.2, 0.25) is 0 Å². The van der Waals surface area contributed by atoms with Crippen LogP contribution in [0.15, 0.2) is 60.7 Å². The van der Waals surface area contributed by atoms with Crippen molar-refractivity contribution in [3.8, 4) is 0 Å². The normalized spacial score (nSPS) is 31.2. The number of carbonyl (C=O) groups is 1. The Balaban J connectivity index is 1.81. The van der Waals surface area contributed by atoms with Crippen molar-refractivity contribution in [1.29, 1.82) is 0 Å². The highest BCUT2D eigenvalue weighted by Gasteiger charge is 2.50. The van der Waals surface area contributed by atoms with Crippen LogP contribution in [0.5, 0.6) is 0 Å². The Bertz CT molecular complexity index is 764. The summed E-state index contributed by atoms with van der Waals surface area (Å²) in [5.74, 6) is -0.212. The van der Waals surface area contributed by atoms with Crippen molar-refractivity contribution >= 4 is 5.97 Å². The van der Waals surface area contributed by atoms with E-state index in [4.69, 9.17) is 4.74 Å². The third-order valence-corrected chi connectivity index (χ3v) is 5.84. The number of rotatable bonds is 4. The first kappa shape index (κ1) is 18.2. The smallest absolute Gasteiger partial charge is 0.324 e. The van der Waals surface area contributed by atoms with E-state index in [0.717, 1.165) is 24.0 Å². The molecule has 0 bridgehead atoms. The molecule has 4 nitrogen and oxygen atoms in total. The average Bonchev–Trinajstić information content (AvgIpc) is 2.70.